The van der Waals surface area contributed by atoms with Gasteiger partial charge in [-0.3, -0.25) is 4.79 Å². The van der Waals surface area contributed by atoms with Gasteiger partial charge < -0.3 is 15.1 Å². The van der Waals surface area contributed by atoms with Crippen molar-refractivity contribution in [3.8, 4) is 0 Å². The Hall–Kier alpha value is -0.610. The van der Waals surface area contributed by atoms with E-state index in [2.05, 4.69) is 17.3 Å². The monoisotopic (exact) mass is 239 g/mol. The van der Waals surface area contributed by atoms with Crippen LogP contribution in [0.25, 0.3) is 0 Å². The normalized spacial score (nSPS) is 27.3. The van der Waals surface area contributed by atoms with Crippen molar-refractivity contribution in [2.75, 3.05) is 33.7 Å². The van der Waals surface area contributed by atoms with Crippen molar-refractivity contribution in [2.24, 2.45) is 0 Å². The molecule has 1 N–H and O–H groups in total. The highest BCUT2D eigenvalue weighted by Crippen LogP contribution is 2.17. The molecule has 17 heavy (non-hydrogen) atoms. The fourth-order valence-corrected chi connectivity index (χ4v) is 2.87. The third kappa shape index (κ3) is 3.42. The van der Waals surface area contributed by atoms with Crippen molar-refractivity contribution in [1.29, 1.82) is 0 Å². The fourth-order valence-electron chi connectivity index (χ4n) is 2.87. The van der Waals surface area contributed by atoms with Crippen LogP contribution in [0.15, 0.2) is 0 Å². The maximum Gasteiger partial charge on any atom is 0.224 e. The highest BCUT2D eigenvalue weighted by molar-refractivity contribution is 5.77. The van der Waals surface area contributed by atoms with E-state index in [1.807, 2.05) is 11.9 Å². The summed E-state index contributed by atoms with van der Waals surface area (Å²) in [6.07, 6.45) is 5.30. The highest BCUT2D eigenvalue weighted by atomic mass is 16.2. The van der Waals surface area contributed by atoms with Crippen LogP contribution in [0.3, 0.4) is 0 Å². The van der Waals surface area contributed by atoms with E-state index in [4.69, 9.17) is 0 Å². The summed E-state index contributed by atoms with van der Waals surface area (Å²) in [7, 11) is 4.13. The molecule has 2 aliphatic rings. The Morgan fingerprint density at radius 2 is 2.06 bits per heavy atom. The number of carbonyl (C=O) groups excluding carboxylic acids is 1. The van der Waals surface area contributed by atoms with E-state index in [1.165, 1.54) is 6.42 Å². The summed E-state index contributed by atoms with van der Waals surface area (Å²) in [5.41, 5.74) is 0. The first kappa shape index (κ1) is 12.8. The summed E-state index contributed by atoms with van der Waals surface area (Å²) in [5, 5.41) is 3.40. The van der Waals surface area contributed by atoms with Gasteiger partial charge in [0.15, 0.2) is 0 Å². The Labute approximate surface area is 104 Å². The molecule has 0 aliphatic carbocycles. The first-order valence-electron chi connectivity index (χ1n) is 6.84. The molecule has 0 saturated carbocycles. The number of piperidine rings is 1. The van der Waals surface area contributed by atoms with Gasteiger partial charge in [-0.25, -0.2) is 0 Å². The minimum atomic E-state index is 0.318. The first-order chi connectivity index (χ1) is 8.16. The molecule has 2 aliphatic heterocycles. The minimum absolute atomic E-state index is 0.318. The minimum Gasteiger partial charge on any atom is -0.343 e. The van der Waals surface area contributed by atoms with E-state index < -0.39 is 0 Å². The van der Waals surface area contributed by atoms with Crippen molar-refractivity contribution < 1.29 is 4.79 Å². The summed E-state index contributed by atoms with van der Waals surface area (Å²) in [4.78, 5) is 16.5. The van der Waals surface area contributed by atoms with Gasteiger partial charge in [-0.1, -0.05) is 0 Å². The van der Waals surface area contributed by atoms with Crippen LogP contribution in [-0.4, -0.2) is 61.5 Å². The quantitative estimate of drug-likeness (QED) is 0.787. The molecule has 2 heterocycles. The van der Waals surface area contributed by atoms with E-state index in [-0.39, 0.29) is 0 Å². The molecule has 98 valence electrons. The zero-order valence-corrected chi connectivity index (χ0v) is 11.1. The van der Waals surface area contributed by atoms with Gasteiger partial charge in [0.2, 0.25) is 5.91 Å². The molecular weight excluding hydrogens is 214 g/mol. The van der Waals surface area contributed by atoms with Crippen LogP contribution in [0.4, 0.5) is 0 Å². The second-order valence-corrected chi connectivity index (χ2v) is 5.54. The molecule has 0 aromatic carbocycles. The van der Waals surface area contributed by atoms with E-state index >= 15 is 0 Å². The molecule has 2 saturated heterocycles. The zero-order chi connectivity index (χ0) is 12.3. The summed E-state index contributed by atoms with van der Waals surface area (Å²) in [6.45, 7) is 3.31. The number of hydrogen-bond acceptors (Lipinski definition) is 3. The average molecular weight is 239 g/mol. The molecule has 2 fully saturated rings. The maximum absolute atomic E-state index is 12.2. The lowest BCUT2D eigenvalue weighted by atomic mass is 10.0. The summed E-state index contributed by atoms with van der Waals surface area (Å²) in [6, 6.07) is 0.885. The second kappa shape index (κ2) is 5.83. The van der Waals surface area contributed by atoms with Crippen LogP contribution < -0.4 is 5.32 Å². The van der Waals surface area contributed by atoms with Gasteiger partial charge in [-0.2, -0.15) is 0 Å². The lowest BCUT2D eigenvalue weighted by molar-refractivity contribution is -0.133. The molecule has 0 aromatic heterocycles. The van der Waals surface area contributed by atoms with Crippen molar-refractivity contribution in [1.82, 2.24) is 15.1 Å². The van der Waals surface area contributed by atoms with Crippen LogP contribution >= 0.6 is 0 Å². The standard InChI is InChI=1S/C13H25N3O/c1-15-8-5-12(6-9-15)16(2)13(17)10-11-4-3-7-14-11/h11-12,14H,3-10H2,1-2H3. The van der Waals surface area contributed by atoms with Crippen molar-refractivity contribution in [3.63, 3.8) is 0 Å². The Morgan fingerprint density at radius 1 is 1.35 bits per heavy atom. The van der Waals surface area contributed by atoms with Gasteiger partial charge in [0, 0.05) is 25.6 Å². The lowest BCUT2D eigenvalue weighted by Gasteiger charge is -2.35. The molecule has 2 rings (SSSR count). The maximum atomic E-state index is 12.2. The third-order valence-electron chi connectivity index (χ3n) is 4.21. The van der Waals surface area contributed by atoms with Gasteiger partial charge in [0.1, 0.15) is 0 Å². The molecule has 0 aromatic rings. The molecule has 1 amide bonds. The summed E-state index contributed by atoms with van der Waals surface area (Å²) in [5.74, 6) is 0.318. The number of amides is 1. The number of rotatable bonds is 3. The van der Waals surface area contributed by atoms with E-state index in [9.17, 15) is 4.79 Å². The van der Waals surface area contributed by atoms with Crippen LogP contribution in [0.5, 0.6) is 0 Å². The lowest BCUT2D eigenvalue weighted by Crippen LogP contribution is -2.45. The number of nitrogens with zero attached hydrogens (tertiary/aromatic N) is 2. The van der Waals surface area contributed by atoms with Crippen LogP contribution in [0, 0.1) is 0 Å². The smallest absolute Gasteiger partial charge is 0.224 e. The van der Waals surface area contributed by atoms with Crippen LogP contribution in [0.2, 0.25) is 0 Å². The van der Waals surface area contributed by atoms with Gasteiger partial charge >= 0.3 is 0 Å². The fraction of sp³-hybridized carbons (Fsp3) is 0.923. The van der Waals surface area contributed by atoms with Crippen LogP contribution in [-0.2, 0) is 4.79 Å². The van der Waals surface area contributed by atoms with Crippen molar-refractivity contribution >= 4 is 5.91 Å². The molecule has 1 unspecified atom stereocenters. The molecular formula is C13H25N3O. The molecule has 4 nitrogen and oxygen atoms in total. The molecule has 0 radical (unpaired) electrons. The van der Waals surface area contributed by atoms with Crippen molar-refractivity contribution in [3.05, 3.63) is 0 Å². The second-order valence-electron chi connectivity index (χ2n) is 5.54. The van der Waals surface area contributed by atoms with Crippen molar-refractivity contribution in [2.45, 2.75) is 44.2 Å². The Kier molecular flexibility index (Phi) is 4.40. The predicted molar refractivity (Wildman–Crippen MR) is 68.9 cm³/mol. The van der Waals surface area contributed by atoms with Crippen LogP contribution in [0.1, 0.15) is 32.1 Å². The zero-order valence-electron chi connectivity index (χ0n) is 11.1. The summed E-state index contributed by atoms with van der Waals surface area (Å²) < 4.78 is 0. The average Bonchev–Trinajstić information content (AvgIpc) is 2.82. The largest absolute Gasteiger partial charge is 0.343 e. The Morgan fingerprint density at radius 3 is 2.65 bits per heavy atom. The number of nitrogens with one attached hydrogen (secondary N) is 1. The third-order valence-corrected chi connectivity index (χ3v) is 4.21. The first-order valence-corrected chi connectivity index (χ1v) is 6.84. The molecule has 1 atom stereocenters. The molecule has 0 bridgehead atoms. The SMILES string of the molecule is CN1CCC(N(C)C(=O)CC2CCCN2)CC1. The highest BCUT2D eigenvalue weighted by Gasteiger charge is 2.26. The van der Waals surface area contributed by atoms with E-state index in [0.717, 1.165) is 38.9 Å². The number of hydrogen-bond donors (Lipinski definition) is 1. The molecule has 4 heteroatoms. The van der Waals surface area contributed by atoms with Gasteiger partial charge in [0.25, 0.3) is 0 Å². The van der Waals surface area contributed by atoms with Gasteiger partial charge in [0.05, 0.1) is 0 Å². The van der Waals surface area contributed by atoms with Gasteiger partial charge in [-0.15, -0.1) is 0 Å². The molecule has 0 spiro atoms. The van der Waals surface area contributed by atoms with E-state index in [0.29, 0.717) is 24.4 Å². The predicted octanol–water partition coefficient (Wildman–Crippen LogP) is 0.681. The number of carbonyl (C=O) groups is 1. The Bertz CT molecular complexity index is 255. The Balaban J connectivity index is 1.77. The number of likely N-dealkylation sites (tertiary alicyclic amines) is 1. The van der Waals surface area contributed by atoms with Gasteiger partial charge in [-0.05, 0) is 52.4 Å². The summed E-state index contributed by atoms with van der Waals surface area (Å²) >= 11 is 0. The topological polar surface area (TPSA) is 35.6 Å². The van der Waals surface area contributed by atoms with E-state index in [1.54, 1.807) is 0 Å².